The highest BCUT2D eigenvalue weighted by Crippen LogP contribution is 2.34. The van der Waals surface area contributed by atoms with Crippen molar-refractivity contribution < 1.29 is 24.2 Å². The molecular weight excluding hydrogens is 370 g/mol. The summed E-state index contributed by atoms with van der Waals surface area (Å²) in [6, 6.07) is 13.6. The first kappa shape index (κ1) is 22.3. The van der Waals surface area contributed by atoms with Crippen molar-refractivity contribution in [3.05, 3.63) is 59.7 Å². The van der Waals surface area contributed by atoms with Gasteiger partial charge in [-0.3, -0.25) is 4.79 Å². The SMILES string of the molecule is CCOc1ccc(C(C)(C)C(=O)NC(Cc2ccccc2)C(=O)O)cc1OCC. The number of hydrogen-bond acceptors (Lipinski definition) is 4. The van der Waals surface area contributed by atoms with E-state index in [1.807, 2.05) is 44.2 Å². The van der Waals surface area contributed by atoms with Crippen molar-refractivity contribution >= 4 is 11.9 Å². The second kappa shape index (κ2) is 9.96. The first-order chi connectivity index (χ1) is 13.8. The van der Waals surface area contributed by atoms with Gasteiger partial charge in [-0.1, -0.05) is 36.4 Å². The maximum Gasteiger partial charge on any atom is 0.326 e. The molecule has 2 aromatic rings. The zero-order chi connectivity index (χ0) is 21.4. The highest BCUT2D eigenvalue weighted by molar-refractivity contribution is 5.91. The minimum absolute atomic E-state index is 0.214. The lowest BCUT2D eigenvalue weighted by Gasteiger charge is -2.27. The average molecular weight is 399 g/mol. The van der Waals surface area contributed by atoms with Gasteiger partial charge in [-0.15, -0.1) is 0 Å². The average Bonchev–Trinajstić information content (AvgIpc) is 2.69. The molecule has 2 rings (SSSR count). The predicted molar refractivity (Wildman–Crippen MR) is 112 cm³/mol. The summed E-state index contributed by atoms with van der Waals surface area (Å²) in [5.74, 6) is -0.263. The number of carboxylic acids is 1. The Hall–Kier alpha value is -3.02. The number of hydrogen-bond donors (Lipinski definition) is 2. The van der Waals surface area contributed by atoms with Crippen LogP contribution < -0.4 is 14.8 Å². The Labute approximate surface area is 171 Å². The number of amides is 1. The van der Waals surface area contributed by atoms with Crippen molar-refractivity contribution in [3.8, 4) is 11.5 Å². The van der Waals surface area contributed by atoms with Crippen molar-refractivity contribution in [2.45, 2.75) is 45.6 Å². The zero-order valence-electron chi connectivity index (χ0n) is 17.4. The number of aliphatic carboxylic acids is 1. The molecule has 6 nitrogen and oxygen atoms in total. The van der Waals surface area contributed by atoms with Gasteiger partial charge in [0, 0.05) is 6.42 Å². The molecule has 0 aliphatic carbocycles. The highest BCUT2D eigenvalue weighted by Gasteiger charge is 2.33. The number of carbonyl (C=O) groups excluding carboxylic acids is 1. The molecule has 0 saturated heterocycles. The lowest BCUT2D eigenvalue weighted by atomic mass is 9.83. The Morgan fingerprint density at radius 1 is 1.00 bits per heavy atom. The molecule has 156 valence electrons. The predicted octanol–water partition coefficient (Wildman–Crippen LogP) is 3.57. The quantitative estimate of drug-likeness (QED) is 0.638. The third kappa shape index (κ3) is 5.73. The zero-order valence-corrected chi connectivity index (χ0v) is 17.4. The summed E-state index contributed by atoms with van der Waals surface area (Å²) < 4.78 is 11.2. The lowest BCUT2D eigenvalue weighted by molar-refractivity contribution is -0.142. The van der Waals surface area contributed by atoms with Gasteiger partial charge in [-0.05, 0) is 51.0 Å². The molecule has 29 heavy (non-hydrogen) atoms. The van der Waals surface area contributed by atoms with E-state index in [0.29, 0.717) is 30.3 Å². The van der Waals surface area contributed by atoms with Crippen LogP contribution in [0.5, 0.6) is 11.5 Å². The fourth-order valence-electron chi connectivity index (χ4n) is 2.96. The summed E-state index contributed by atoms with van der Waals surface area (Å²) in [6.07, 6.45) is 0.214. The number of ether oxygens (including phenoxy) is 2. The van der Waals surface area contributed by atoms with E-state index in [-0.39, 0.29) is 12.3 Å². The van der Waals surface area contributed by atoms with Crippen molar-refractivity contribution in [3.63, 3.8) is 0 Å². The molecule has 1 unspecified atom stereocenters. The van der Waals surface area contributed by atoms with E-state index in [1.54, 1.807) is 32.0 Å². The molecule has 2 N–H and O–H groups in total. The highest BCUT2D eigenvalue weighted by atomic mass is 16.5. The van der Waals surface area contributed by atoms with Gasteiger partial charge < -0.3 is 19.9 Å². The second-order valence-corrected chi connectivity index (χ2v) is 7.21. The van der Waals surface area contributed by atoms with E-state index in [0.717, 1.165) is 5.56 Å². The van der Waals surface area contributed by atoms with Crippen LogP contribution in [-0.4, -0.2) is 36.2 Å². The molecule has 0 fully saturated rings. The van der Waals surface area contributed by atoms with E-state index < -0.39 is 17.4 Å². The Morgan fingerprint density at radius 2 is 1.62 bits per heavy atom. The fourth-order valence-corrected chi connectivity index (χ4v) is 2.96. The van der Waals surface area contributed by atoms with E-state index in [4.69, 9.17) is 9.47 Å². The molecule has 0 saturated carbocycles. The third-order valence-electron chi connectivity index (χ3n) is 4.72. The number of carbonyl (C=O) groups is 2. The Balaban J connectivity index is 2.23. The molecule has 0 aliphatic heterocycles. The molecule has 0 heterocycles. The van der Waals surface area contributed by atoms with Crippen molar-refractivity contribution in [1.82, 2.24) is 5.32 Å². The van der Waals surface area contributed by atoms with Crippen LogP contribution in [0.25, 0.3) is 0 Å². The number of benzene rings is 2. The minimum Gasteiger partial charge on any atom is -0.490 e. The van der Waals surface area contributed by atoms with E-state index in [2.05, 4.69) is 5.32 Å². The van der Waals surface area contributed by atoms with Crippen LogP contribution in [0.3, 0.4) is 0 Å². The molecule has 0 aliphatic rings. The largest absolute Gasteiger partial charge is 0.490 e. The summed E-state index contributed by atoms with van der Waals surface area (Å²) in [6.45, 7) is 8.25. The Bertz CT molecular complexity index is 832. The Kier molecular flexibility index (Phi) is 7.65. The summed E-state index contributed by atoms with van der Waals surface area (Å²) in [7, 11) is 0. The first-order valence-electron chi connectivity index (χ1n) is 9.77. The monoisotopic (exact) mass is 399 g/mol. The van der Waals surface area contributed by atoms with Gasteiger partial charge in [0.2, 0.25) is 5.91 Å². The van der Waals surface area contributed by atoms with Gasteiger partial charge >= 0.3 is 5.97 Å². The van der Waals surface area contributed by atoms with Crippen LogP contribution in [0.15, 0.2) is 48.5 Å². The molecular formula is C23H29NO5. The summed E-state index contributed by atoms with van der Waals surface area (Å²) in [4.78, 5) is 24.7. The molecule has 0 bridgehead atoms. The lowest BCUT2D eigenvalue weighted by Crippen LogP contribution is -2.49. The molecule has 1 atom stereocenters. The van der Waals surface area contributed by atoms with E-state index in [1.165, 1.54) is 0 Å². The summed E-state index contributed by atoms with van der Waals surface area (Å²) in [5, 5.41) is 12.3. The number of nitrogens with one attached hydrogen (secondary N) is 1. The Morgan fingerprint density at radius 3 is 2.21 bits per heavy atom. The molecule has 0 spiro atoms. The summed E-state index contributed by atoms with van der Waals surface area (Å²) >= 11 is 0. The van der Waals surface area contributed by atoms with Gasteiger partial charge in [0.15, 0.2) is 11.5 Å². The van der Waals surface area contributed by atoms with Gasteiger partial charge in [0.25, 0.3) is 0 Å². The van der Waals surface area contributed by atoms with Crippen LogP contribution in [0, 0.1) is 0 Å². The third-order valence-corrected chi connectivity index (χ3v) is 4.72. The van der Waals surface area contributed by atoms with Crippen molar-refractivity contribution in [2.75, 3.05) is 13.2 Å². The van der Waals surface area contributed by atoms with Gasteiger partial charge in [-0.2, -0.15) is 0 Å². The topological polar surface area (TPSA) is 84.9 Å². The van der Waals surface area contributed by atoms with Crippen LogP contribution in [0.1, 0.15) is 38.8 Å². The van der Waals surface area contributed by atoms with E-state index in [9.17, 15) is 14.7 Å². The number of rotatable bonds is 10. The van der Waals surface area contributed by atoms with Crippen LogP contribution in [0.2, 0.25) is 0 Å². The van der Waals surface area contributed by atoms with Crippen LogP contribution in [0.4, 0.5) is 0 Å². The van der Waals surface area contributed by atoms with Gasteiger partial charge in [-0.25, -0.2) is 4.79 Å². The minimum atomic E-state index is -1.07. The molecule has 0 aromatic heterocycles. The van der Waals surface area contributed by atoms with Crippen molar-refractivity contribution in [2.24, 2.45) is 0 Å². The number of carboxylic acid groups (broad SMARTS) is 1. The van der Waals surface area contributed by atoms with E-state index >= 15 is 0 Å². The first-order valence-corrected chi connectivity index (χ1v) is 9.77. The van der Waals surface area contributed by atoms with Crippen LogP contribution in [-0.2, 0) is 21.4 Å². The van der Waals surface area contributed by atoms with Crippen molar-refractivity contribution in [1.29, 1.82) is 0 Å². The van der Waals surface area contributed by atoms with Crippen LogP contribution >= 0.6 is 0 Å². The van der Waals surface area contributed by atoms with Gasteiger partial charge in [0.1, 0.15) is 6.04 Å². The standard InChI is InChI=1S/C23H29NO5/c1-5-28-19-13-12-17(15-20(19)29-6-2)23(3,4)22(27)24-18(21(25)26)14-16-10-8-7-9-11-16/h7-13,15,18H,5-6,14H2,1-4H3,(H,24,27)(H,25,26). The maximum atomic E-state index is 13.0. The maximum absolute atomic E-state index is 13.0. The molecule has 0 radical (unpaired) electrons. The smallest absolute Gasteiger partial charge is 0.326 e. The second-order valence-electron chi connectivity index (χ2n) is 7.21. The molecule has 1 amide bonds. The molecule has 2 aromatic carbocycles. The fraction of sp³-hybridized carbons (Fsp3) is 0.391. The van der Waals surface area contributed by atoms with Gasteiger partial charge in [0.05, 0.1) is 18.6 Å². The molecule has 6 heteroatoms. The summed E-state index contributed by atoms with van der Waals surface area (Å²) in [5.41, 5.74) is 0.601. The normalized spacial score (nSPS) is 12.1.